The Labute approximate surface area is 147 Å². The third-order valence-electron chi connectivity index (χ3n) is 4.01. The van der Waals surface area contributed by atoms with E-state index in [1.165, 1.54) is 0 Å². The van der Waals surface area contributed by atoms with E-state index < -0.39 is 11.4 Å². The fourth-order valence-corrected chi connectivity index (χ4v) is 2.59. The molecule has 0 fully saturated rings. The molecule has 0 aliphatic carbocycles. The van der Waals surface area contributed by atoms with Crippen LogP contribution in [0.15, 0.2) is 48.5 Å². The molecule has 0 saturated heterocycles. The molecule has 2 rings (SSSR count). The average molecular weight is 341 g/mol. The molecule has 2 N–H and O–H groups in total. The molecule has 5 heteroatoms. The fourth-order valence-electron chi connectivity index (χ4n) is 2.59. The normalized spacial score (nSPS) is 11.0. The van der Waals surface area contributed by atoms with Crippen LogP contribution in [0.25, 0.3) is 0 Å². The lowest BCUT2D eigenvalue weighted by Gasteiger charge is -2.24. The van der Waals surface area contributed by atoms with Gasteiger partial charge in [0.15, 0.2) is 0 Å². The topological polar surface area (TPSA) is 75.6 Å². The predicted molar refractivity (Wildman–Crippen MR) is 96.9 cm³/mol. The van der Waals surface area contributed by atoms with Crippen molar-refractivity contribution in [2.45, 2.75) is 26.7 Å². The lowest BCUT2D eigenvalue weighted by Crippen LogP contribution is -2.32. The van der Waals surface area contributed by atoms with Gasteiger partial charge in [0.1, 0.15) is 5.75 Å². The zero-order chi connectivity index (χ0) is 18.4. The number of carboxylic acid groups (broad SMARTS) is 1. The minimum atomic E-state index is -0.880. The summed E-state index contributed by atoms with van der Waals surface area (Å²) in [4.78, 5) is 23.4. The van der Waals surface area contributed by atoms with Crippen molar-refractivity contribution < 1.29 is 19.4 Å². The SMILES string of the molecule is COc1ccccc1CC(C)(C)C(=O)Nc1ccc(CC(=O)O)cc1. The monoisotopic (exact) mass is 341 g/mol. The van der Waals surface area contributed by atoms with Crippen molar-refractivity contribution in [3.8, 4) is 5.75 Å². The van der Waals surface area contributed by atoms with Gasteiger partial charge in [-0.2, -0.15) is 0 Å². The number of para-hydroxylation sites is 1. The number of benzene rings is 2. The first-order valence-corrected chi connectivity index (χ1v) is 8.06. The predicted octanol–water partition coefficient (Wildman–Crippen LogP) is 3.53. The van der Waals surface area contributed by atoms with Crippen molar-refractivity contribution in [2.24, 2.45) is 5.41 Å². The van der Waals surface area contributed by atoms with Crippen molar-refractivity contribution in [2.75, 3.05) is 12.4 Å². The molecule has 0 heterocycles. The van der Waals surface area contributed by atoms with Crippen LogP contribution >= 0.6 is 0 Å². The second-order valence-electron chi connectivity index (χ2n) is 6.59. The van der Waals surface area contributed by atoms with Crippen molar-refractivity contribution in [3.05, 3.63) is 59.7 Å². The molecule has 132 valence electrons. The molecule has 0 saturated carbocycles. The Morgan fingerprint density at radius 2 is 1.72 bits per heavy atom. The van der Waals surface area contributed by atoms with Crippen LogP contribution in [-0.2, 0) is 22.4 Å². The molecule has 0 bridgehead atoms. The summed E-state index contributed by atoms with van der Waals surface area (Å²) in [6.07, 6.45) is 0.507. The number of carbonyl (C=O) groups excluding carboxylic acids is 1. The summed E-state index contributed by atoms with van der Waals surface area (Å²) in [6, 6.07) is 14.5. The van der Waals surface area contributed by atoms with E-state index in [-0.39, 0.29) is 12.3 Å². The lowest BCUT2D eigenvalue weighted by atomic mass is 9.84. The summed E-state index contributed by atoms with van der Waals surface area (Å²) < 4.78 is 5.35. The number of carbonyl (C=O) groups is 2. The zero-order valence-corrected chi connectivity index (χ0v) is 14.7. The number of ether oxygens (including phenoxy) is 1. The number of anilines is 1. The Balaban J connectivity index is 2.06. The third-order valence-corrected chi connectivity index (χ3v) is 4.01. The molecule has 2 aromatic rings. The van der Waals surface area contributed by atoms with Crippen LogP contribution < -0.4 is 10.1 Å². The molecule has 1 amide bonds. The second-order valence-corrected chi connectivity index (χ2v) is 6.59. The molecular formula is C20H23NO4. The molecule has 25 heavy (non-hydrogen) atoms. The first kappa shape index (κ1) is 18.5. The fraction of sp³-hybridized carbons (Fsp3) is 0.300. The first-order valence-electron chi connectivity index (χ1n) is 8.06. The summed E-state index contributed by atoms with van der Waals surface area (Å²) in [6.45, 7) is 3.77. The van der Waals surface area contributed by atoms with Crippen molar-refractivity contribution >= 4 is 17.6 Å². The highest BCUT2D eigenvalue weighted by Gasteiger charge is 2.29. The molecule has 2 aromatic carbocycles. The number of carboxylic acids is 1. The van der Waals surface area contributed by atoms with E-state index in [9.17, 15) is 9.59 Å². The van der Waals surface area contributed by atoms with E-state index >= 15 is 0 Å². The number of aliphatic carboxylic acids is 1. The lowest BCUT2D eigenvalue weighted by molar-refractivity contribution is -0.136. The Morgan fingerprint density at radius 3 is 2.32 bits per heavy atom. The van der Waals surface area contributed by atoms with E-state index in [0.717, 1.165) is 11.3 Å². The molecular weight excluding hydrogens is 318 g/mol. The van der Waals surface area contributed by atoms with Crippen molar-refractivity contribution in [3.63, 3.8) is 0 Å². The summed E-state index contributed by atoms with van der Waals surface area (Å²) in [5.41, 5.74) is 1.68. The number of hydrogen-bond acceptors (Lipinski definition) is 3. The van der Waals surface area contributed by atoms with Crippen LogP contribution in [0.2, 0.25) is 0 Å². The van der Waals surface area contributed by atoms with E-state index in [1.54, 1.807) is 31.4 Å². The van der Waals surface area contributed by atoms with Crippen molar-refractivity contribution in [1.29, 1.82) is 0 Å². The van der Waals surface area contributed by atoms with Gasteiger partial charge in [0.2, 0.25) is 5.91 Å². The Hall–Kier alpha value is -2.82. The molecule has 0 unspecified atom stereocenters. The number of rotatable bonds is 7. The van der Waals surface area contributed by atoms with E-state index in [2.05, 4.69) is 5.32 Å². The zero-order valence-electron chi connectivity index (χ0n) is 14.7. The van der Waals surface area contributed by atoms with Crippen LogP contribution in [0.3, 0.4) is 0 Å². The quantitative estimate of drug-likeness (QED) is 0.808. The van der Waals surface area contributed by atoms with Gasteiger partial charge in [-0.15, -0.1) is 0 Å². The highest BCUT2D eigenvalue weighted by Crippen LogP contribution is 2.29. The average Bonchev–Trinajstić information content (AvgIpc) is 2.56. The molecule has 0 aliphatic rings. The molecule has 0 spiro atoms. The maximum atomic E-state index is 12.7. The van der Waals surface area contributed by atoms with Crippen LogP contribution in [-0.4, -0.2) is 24.1 Å². The van der Waals surface area contributed by atoms with Crippen molar-refractivity contribution in [1.82, 2.24) is 0 Å². The minimum absolute atomic E-state index is 0.0342. The molecule has 0 radical (unpaired) electrons. The van der Waals surface area contributed by atoms with Gasteiger partial charge in [-0.3, -0.25) is 9.59 Å². The third kappa shape index (κ3) is 5.08. The largest absolute Gasteiger partial charge is 0.496 e. The number of amides is 1. The smallest absolute Gasteiger partial charge is 0.307 e. The van der Waals surface area contributed by atoms with Crippen LogP contribution in [0.4, 0.5) is 5.69 Å². The van der Waals surface area contributed by atoms with Gasteiger partial charge in [0, 0.05) is 11.1 Å². The van der Waals surface area contributed by atoms with E-state index in [4.69, 9.17) is 9.84 Å². The van der Waals surface area contributed by atoms with Gasteiger partial charge >= 0.3 is 5.97 Å². The maximum Gasteiger partial charge on any atom is 0.307 e. The van der Waals surface area contributed by atoms with Crippen LogP contribution in [0.1, 0.15) is 25.0 Å². The Morgan fingerprint density at radius 1 is 1.08 bits per heavy atom. The van der Waals surface area contributed by atoms with Gasteiger partial charge in [0.05, 0.1) is 13.5 Å². The van der Waals surface area contributed by atoms with Gasteiger partial charge in [-0.1, -0.05) is 44.2 Å². The second kappa shape index (κ2) is 7.83. The van der Waals surface area contributed by atoms with Gasteiger partial charge in [0.25, 0.3) is 0 Å². The number of methoxy groups -OCH3 is 1. The van der Waals surface area contributed by atoms with E-state index in [1.807, 2.05) is 38.1 Å². The molecule has 5 nitrogen and oxygen atoms in total. The minimum Gasteiger partial charge on any atom is -0.496 e. The molecule has 0 aromatic heterocycles. The summed E-state index contributed by atoms with van der Waals surface area (Å²) in [5, 5.41) is 11.7. The Kier molecular flexibility index (Phi) is 5.80. The standard InChI is InChI=1S/C20H23NO4/c1-20(2,13-15-6-4-5-7-17(15)25-3)19(24)21-16-10-8-14(9-11-16)12-18(22)23/h4-11H,12-13H2,1-3H3,(H,21,24)(H,22,23). The van der Waals surface area contributed by atoms with Crippen LogP contribution in [0, 0.1) is 5.41 Å². The highest BCUT2D eigenvalue weighted by atomic mass is 16.5. The van der Waals surface area contributed by atoms with Gasteiger partial charge in [-0.25, -0.2) is 0 Å². The molecule has 0 atom stereocenters. The van der Waals surface area contributed by atoms with Crippen LogP contribution in [0.5, 0.6) is 5.75 Å². The summed E-state index contributed by atoms with van der Waals surface area (Å²) in [7, 11) is 1.62. The maximum absolute atomic E-state index is 12.7. The Bertz CT molecular complexity index is 751. The van der Waals surface area contributed by atoms with Gasteiger partial charge < -0.3 is 15.2 Å². The number of hydrogen-bond donors (Lipinski definition) is 2. The summed E-state index contributed by atoms with van der Waals surface area (Å²) >= 11 is 0. The number of nitrogens with one attached hydrogen (secondary N) is 1. The first-order chi connectivity index (χ1) is 11.8. The van der Waals surface area contributed by atoms with E-state index in [0.29, 0.717) is 17.7 Å². The highest BCUT2D eigenvalue weighted by molar-refractivity contribution is 5.95. The molecule has 0 aliphatic heterocycles. The van der Waals surface area contributed by atoms with Gasteiger partial charge in [-0.05, 0) is 35.7 Å². The summed E-state index contributed by atoms with van der Waals surface area (Å²) in [5.74, 6) is -0.222.